The summed E-state index contributed by atoms with van der Waals surface area (Å²) in [6, 6.07) is 2.79. The van der Waals surface area contributed by atoms with Crippen molar-refractivity contribution >= 4 is 17.7 Å². The zero-order valence-electron chi connectivity index (χ0n) is 13.3. The van der Waals surface area contributed by atoms with Gasteiger partial charge < -0.3 is 14.4 Å². The maximum Gasteiger partial charge on any atom is 0.280 e. The molecular weight excluding hydrogens is 300 g/mol. The number of piperidine rings is 1. The van der Waals surface area contributed by atoms with E-state index >= 15 is 0 Å². The van der Waals surface area contributed by atoms with E-state index in [9.17, 15) is 14.9 Å². The molecule has 7 heteroatoms. The molecule has 1 aliphatic heterocycles. The van der Waals surface area contributed by atoms with Crippen LogP contribution in [0.4, 0.5) is 5.69 Å². The third kappa shape index (κ3) is 4.00. The van der Waals surface area contributed by atoms with Gasteiger partial charge >= 0.3 is 0 Å². The Balaban J connectivity index is 2.28. The molecule has 0 spiro atoms. The number of hydrogen-bond donors (Lipinski definition) is 0. The number of benzene rings is 1. The van der Waals surface area contributed by atoms with Crippen LogP contribution >= 0.6 is 0 Å². The number of amides is 1. The van der Waals surface area contributed by atoms with E-state index in [0.29, 0.717) is 11.3 Å². The number of carbonyl (C=O) groups is 1. The first-order valence-electron chi connectivity index (χ1n) is 7.44. The summed E-state index contributed by atoms with van der Waals surface area (Å²) in [5, 5.41) is 11.2. The molecule has 0 radical (unpaired) electrons. The van der Waals surface area contributed by atoms with Crippen molar-refractivity contribution in [3.63, 3.8) is 0 Å². The van der Waals surface area contributed by atoms with Gasteiger partial charge in [0.2, 0.25) is 5.91 Å². The lowest BCUT2D eigenvalue weighted by molar-refractivity contribution is -0.385. The lowest BCUT2D eigenvalue weighted by Gasteiger charge is -2.25. The number of nitro groups is 1. The molecule has 1 saturated heterocycles. The zero-order valence-corrected chi connectivity index (χ0v) is 13.3. The molecule has 0 aromatic heterocycles. The predicted octanol–water partition coefficient (Wildman–Crippen LogP) is 2.64. The fourth-order valence-electron chi connectivity index (χ4n) is 2.56. The lowest BCUT2D eigenvalue weighted by atomic mass is 10.1. The minimum absolute atomic E-state index is 0.131. The van der Waals surface area contributed by atoms with Crippen LogP contribution in [-0.4, -0.2) is 43.0 Å². The van der Waals surface area contributed by atoms with Gasteiger partial charge in [-0.1, -0.05) is 0 Å². The van der Waals surface area contributed by atoms with Crippen LogP contribution in [0.2, 0.25) is 0 Å². The molecule has 2 rings (SSSR count). The standard InChI is InChI=1S/C16H20N2O5/c1-22-14-10-12(13(18(20)21)11-15(14)23-2)6-7-16(19)17-8-4-3-5-9-17/h6-7,10-11H,3-5,8-9H2,1-2H3. The molecule has 124 valence electrons. The number of methoxy groups -OCH3 is 2. The Kier molecular flexibility index (Phi) is 5.56. The smallest absolute Gasteiger partial charge is 0.280 e. The van der Waals surface area contributed by atoms with Crippen LogP contribution < -0.4 is 9.47 Å². The van der Waals surface area contributed by atoms with Crippen LogP contribution in [0.25, 0.3) is 6.08 Å². The maximum absolute atomic E-state index is 12.1. The second kappa shape index (κ2) is 7.62. The maximum atomic E-state index is 12.1. The van der Waals surface area contributed by atoms with Crippen LogP contribution in [0.3, 0.4) is 0 Å². The summed E-state index contributed by atoms with van der Waals surface area (Å²) < 4.78 is 10.2. The van der Waals surface area contributed by atoms with E-state index in [1.807, 2.05) is 0 Å². The average molecular weight is 320 g/mol. The van der Waals surface area contributed by atoms with Gasteiger partial charge in [0.1, 0.15) is 0 Å². The largest absolute Gasteiger partial charge is 0.493 e. The van der Waals surface area contributed by atoms with Crippen molar-refractivity contribution in [3.05, 3.63) is 33.9 Å². The van der Waals surface area contributed by atoms with Crippen molar-refractivity contribution < 1.29 is 19.2 Å². The monoisotopic (exact) mass is 320 g/mol. The number of rotatable bonds is 5. The number of likely N-dealkylation sites (tertiary alicyclic amines) is 1. The fraction of sp³-hybridized carbons (Fsp3) is 0.438. The van der Waals surface area contributed by atoms with Crippen molar-refractivity contribution in [1.82, 2.24) is 4.90 Å². The summed E-state index contributed by atoms with van der Waals surface area (Å²) in [6.45, 7) is 1.47. The Morgan fingerprint density at radius 2 is 1.78 bits per heavy atom. The van der Waals surface area contributed by atoms with Crippen LogP contribution in [0.1, 0.15) is 24.8 Å². The quantitative estimate of drug-likeness (QED) is 0.473. The summed E-state index contributed by atoms with van der Waals surface area (Å²) >= 11 is 0. The number of nitrogens with zero attached hydrogens (tertiary/aromatic N) is 2. The normalized spacial score (nSPS) is 14.8. The summed E-state index contributed by atoms with van der Waals surface area (Å²) in [4.78, 5) is 24.6. The Morgan fingerprint density at radius 1 is 1.17 bits per heavy atom. The number of hydrogen-bond acceptors (Lipinski definition) is 5. The third-order valence-corrected chi connectivity index (χ3v) is 3.80. The van der Waals surface area contributed by atoms with Gasteiger partial charge in [-0.3, -0.25) is 14.9 Å². The van der Waals surface area contributed by atoms with Crippen molar-refractivity contribution in [2.24, 2.45) is 0 Å². The topological polar surface area (TPSA) is 81.9 Å². The molecule has 0 saturated carbocycles. The second-order valence-electron chi connectivity index (χ2n) is 5.24. The van der Waals surface area contributed by atoms with Gasteiger partial charge in [-0.05, 0) is 31.4 Å². The fourth-order valence-corrected chi connectivity index (χ4v) is 2.56. The molecule has 0 unspecified atom stereocenters. The van der Waals surface area contributed by atoms with E-state index in [1.54, 1.807) is 4.90 Å². The first kappa shape index (κ1) is 16.8. The van der Waals surface area contributed by atoms with Gasteiger partial charge in [0.25, 0.3) is 5.69 Å². The number of carbonyl (C=O) groups excluding carboxylic acids is 1. The first-order valence-corrected chi connectivity index (χ1v) is 7.44. The summed E-state index contributed by atoms with van der Waals surface area (Å²) in [5.74, 6) is 0.524. The van der Waals surface area contributed by atoms with Crippen LogP contribution in [0.5, 0.6) is 11.5 Å². The van der Waals surface area contributed by atoms with E-state index in [-0.39, 0.29) is 17.3 Å². The molecule has 23 heavy (non-hydrogen) atoms. The van der Waals surface area contributed by atoms with Crippen molar-refractivity contribution in [3.8, 4) is 11.5 Å². The molecular formula is C16H20N2O5. The summed E-state index contributed by atoms with van der Waals surface area (Å²) in [6.07, 6.45) is 5.96. The molecule has 0 aliphatic carbocycles. The minimum atomic E-state index is -0.507. The number of nitro benzene ring substituents is 1. The molecule has 1 heterocycles. The summed E-state index contributed by atoms with van der Waals surface area (Å²) in [7, 11) is 2.87. The van der Waals surface area contributed by atoms with Crippen molar-refractivity contribution in [2.45, 2.75) is 19.3 Å². The van der Waals surface area contributed by atoms with Gasteiger partial charge in [0.05, 0.1) is 30.8 Å². The molecule has 0 atom stereocenters. The molecule has 1 aromatic rings. The summed E-state index contributed by atoms with van der Waals surface area (Å²) in [5.41, 5.74) is 0.170. The molecule has 7 nitrogen and oxygen atoms in total. The highest BCUT2D eigenvalue weighted by atomic mass is 16.6. The Bertz CT molecular complexity index is 621. The van der Waals surface area contributed by atoms with Gasteiger partial charge in [-0.25, -0.2) is 0 Å². The first-order chi connectivity index (χ1) is 11.1. The lowest BCUT2D eigenvalue weighted by Crippen LogP contribution is -2.34. The van der Waals surface area contributed by atoms with Crippen LogP contribution in [-0.2, 0) is 4.79 Å². The van der Waals surface area contributed by atoms with E-state index in [0.717, 1.165) is 32.4 Å². The predicted molar refractivity (Wildman–Crippen MR) is 85.7 cm³/mol. The van der Waals surface area contributed by atoms with Gasteiger partial charge in [0, 0.05) is 19.2 Å². The Morgan fingerprint density at radius 3 is 2.35 bits per heavy atom. The molecule has 0 bridgehead atoms. The minimum Gasteiger partial charge on any atom is -0.493 e. The van der Waals surface area contributed by atoms with Gasteiger partial charge in [-0.2, -0.15) is 0 Å². The highest BCUT2D eigenvalue weighted by molar-refractivity contribution is 5.92. The Labute approximate surface area is 134 Å². The molecule has 1 amide bonds. The zero-order chi connectivity index (χ0) is 16.8. The number of ether oxygens (including phenoxy) is 2. The van der Waals surface area contributed by atoms with Crippen molar-refractivity contribution in [2.75, 3.05) is 27.3 Å². The second-order valence-corrected chi connectivity index (χ2v) is 5.24. The molecule has 1 fully saturated rings. The van der Waals surface area contributed by atoms with Gasteiger partial charge in [-0.15, -0.1) is 0 Å². The van der Waals surface area contributed by atoms with E-state index < -0.39 is 4.92 Å². The van der Waals surface area contributed by atoms with E-state index in [2.05, 4.69) is 0 Å². The highest BCUT2D eigenvalue weighted by Crippen LogP contribution is 2.35. The average Bonchev–Trinajstić information content (AvgIpc) is 2.59. The SMILES string of the molecule is COc1cc(C=CC(=O)N2CCCCC2)c([N+](=O)[O-])cc1OC. The van der Waals surface area contributed by atoms with E-state index in [1.165, 1.54) is 38.5 Å². The van der Waals surface area contributed by atoms with Gasteiger partial charge in [0.15, 0.2) is 11.5 Å². The third-order valence-electron chi connectivity index (χ3n) is 3.80. The van der Waals surface area contributed by atoms with E-state index in [4.69, 9.17) is 9.47 Å². The molecule has 1 aromatic carbocycles. The molecule has 1 aliphatic rings. The molecule has 0 N–H and O–H groups in total. The highest BCUT2D eigenvalue weighted by Gasteiger charge is 2.19. The van der Waals surface area contributed by atoms with Crippen molar-refractivity contribution in [1.29, 1.82) is 0 Å². The van der Waals surface area contributed by atoms with Crippen LogP contribution in [0, 0.1) is 10.1 Å². The van der Waals surface area contributed by atoms with Crippen LogP contribution in [0.15, 0.2) is 18.2 Å². The Hall–Kier alpha value is -2.57.